The summed E-state index contributed by atoms with van der Waals surface area (Å²) in [5.41, 5.74) is 3.10. The number of ether oxygens (including phenoxy) is 1. The number of hydrogen-bond acceptors (Lipinski definition) is 5. The molecule has 0 aliphatic heterocycles. The van der Waals surface area contributed by atoms with Crippen molar-refractivity contribution in [2.75, 3.05) is 7.11 Å². The average molecular weight is 387 g/mol. The third kappa shape index (κ3) is 2.64. The van der Waals surface area contributed by atoms with E-state index in [2.05, 4.69) is 38.0 Å². The number of rotatable bonds is 3. The minimum atomic E-state index is 0.547. The maximum atomic E-state index is 5.33. The lowest BCUT2D eigenvalue weighted by atomic mass is 10.1. The summed E-state index contributed by atoms with van der Waals surface area (Å²) >= 11 is 5.21. The first-order valence-corrected chi connectivity index (χ1v) is 8.50. The molecule has 4 rings (SSSR count). The molecule has 0 radical (unpaired) electrons. The lowest BCUT2D eigenvalue weighted by molar-refractivity contribution is 0.415. The number of benzene rings is 2. The van der Waals surface area contributed by atoms with Gasteiger partial charge in [0.25, 0.3) is 5.89 Å². The van der Waals surface area contributed by atoms with Gasteiger partial charge in [0.15, 0.2) is 5.01 Å². The van der Waals surface area contributed by atoms with E-state index in [-0.39, 0.29) is 0 Å². The highest BCUT2D eigenvalue weighted by atomic mass is 79.9. The zero-order valence-electron chi connectivity index (χ0n) is 12.1. The van der Waals surface area contributed by atoms with Crippen molar-refractivity contribution in [3.05, 3.63) is 53.3 Å². The lowest BCUT2D eigenvalue weighted by Crippen LogP contribution is -1.85. The Morgan fingerprint density at radius 3 is 2.91 bits per heavy atom. The first-order valence-electron chi connectivity index (χ1n) is 6.89. The Morgan fingerprint density at radius 1 is 1.22 bits per heavy atom. The molecule has 0 N–H and O–H groups in total. The van der Waals surface area contributed by atoms with Crippen molar-refractivity contribution < 1.29 is 9.15 Å². The van der Waals surface area contributed by atoms with Gasteiger partial charge < -0.3 is 9.15 Å². The summed E-state index contributed by atoms with van der Waals surface area (Å²) in [7, 11) is 1.67. The second-order valence-electron chi connectivity index (χ2n) is 4.89. The van der Waals surface area contributed by atoms with Crippen molar-refractivity contribution in [2.45, 2.75) is 0 Å². The molecule has 2 heterocycles. The number of oxazole rings is 1. The molecule has 0 aliphatic rings. The number of aromatic nitrogens is 2. The van der Waals surface area contributed by atoms with Gasteiger partial charge in [-0.05, 0) is 35.4 Å². The molecule has 2 aromatic carbocycles. The molecule has 0 saturated heterocycles. The fourth-order valence-corrected chi connectivity index (χ4v) is 3.87. The molecule has 4 aromatic rings. The molecule has 0 spiro atoms. The fourth-order valence-electron chi connectivity index (χ4n) is 2.38. The van der Waals surface area contributed by atoms with Gasteiger partial charge in [-0.3, -0.25) is 0 Å². The van der Waals surface area contributed by atoms with Gasteiger partial charge in [-0.1, -0.05) is 28.1 Å². The van der Waals surface area contributed by atoms with E-state index in [1.165, 1.54) is 0 Å². The molecule has 0 fully saturated rings. The Hall–Kier alpha value is -2.18. The first kappa shape index (κ1) is 14.4. The molecule has 0 atom stereocenters. The van der Waals surface area contributed by atoms with Crippen molar-refractivity contribution in [2.24, 2.45) is 0 Å². The van der Waals surface area contributed by atoms with Crippen LogP contribution in [0, 0.1) is 0 Å². The zero-order chi connectivity index (χ0) is 15.8. The zero-order valence-corrected chi connectivity index (χ0v) is 14.5. The summed E-state index contributed by atoms with van der Waals surface area (Å²) in [4.78, 5) is 8.75. The third-order valence-corrected chi connectivity index (χ3v) is 5.14. The molecule has 2 aromatic heterocycles. The summed E-state index contributed by atoms with van der Waals surface area (Å²) in [6, 6.07) is 12.1. The van der Waals surface area contributed by atoms with Crippen molar-refractivity contribution in [3.63, 3.8) is 0 Å². The van der Waals surface area contributed by atoms with Gasteiger partial charge >= 0.3 is 0 Å². The summed E-state index contributed by atoms with van der Waals surface area (Å²) < 4.78 is 12.7. The predicted molar refractivity (Wildman–Crippen MR) is 94.8 cm³/mol. The molecule has 0 bridgehead atoms. The van der Waals surface area contributed by atoms with Gasteiger partial charge in [-0.25, -0.2) is 9.97 Å². The van der Waals surface area contributed by atoms with Crippen LogP contribution in [-0.4, -0.2) is 17.1 Å². The molecular formula is C17H11BrN2O2S. The summed E-state index contributed by atoms with van der Waals surface area (Å²) in [5.74, 6) is 1.38. The van der Waals surface area contributed by atoms with Gasteiger partial charge in [0.1, 0.15) is 12.0 Å². The van der Waals surface area contributed by atoms with E-state index in [0.29, 0.717) is 5.89 Å². The molecule has 114 valence electrons. The normalized spacial score (nSPS) is 11.0. The van der Waals surface area contributed by atoms with E-state index in [9.17, 15) is 0 Å². The topological polar surface area (TPSA) is 48.2 Å². The van der Waals surface area contributed by atoms with E-state index in [1.807, 2.05) is 24.3 Å². The van der Waals surface area contributed by atoms with Crippen LogP contribution in [0.1, 0.15) is 0 Å². The molecule has 0 aliphatic carbocycles. The molecule has 4 nitrogen and oxygen atoms in total. The number of hydrogen-bond donors (Lipinski definition) is 0. The Morgan fingerprint density at radius 2 is 2.13 bits per heavy atom. The summed E-state index contributed by atoms with van der Waals surface area (Å²) in [6.45, 7) is 0. The van der Waals surface area contributed by atoms with Crippen molar-refractivity contribution >= 4 is 37.5 Å². The first-order chi connectivity index (χ1) is 11.2. The Balaban J connectivity index is 1.86. The minimum Gasteiger partial charge on any atom is -0.497 e. The van der Waals surface area contributed by atoms with E-state index >= 15 is 0 Å². The maximum Gasteiger partial charge on any atom is 0.255 e. The van der Waals surface area contributed by atoms with Gasteiger partial charge in [0, 0.05) is 4.47 Å². The smallest absolute Gasteiger partial charge is 0.255 e. The lowest BCUT2D eigenvalue weighted by Gasteiger charge is -2.07. The van der Waals surface area contributed by atoms with Gasteiger partial charge in [-0.2, -0.15) is 0 Å². The standard InChI is InChI=1S/C17H11BrN2O2S/c1-21-11-4-2-3-10(7-11)12-8-15-14(9-13(12)18)20-17(23-15)16-19-5-6-22-16/h2-9H,1H3. The Labute approximate surface area is 144 Å². The van der Waals surface area contributed by atoms with Crippen LogP contribution in [-0.2, 0) is 0 Å². The molecular weight excluding hydrogens is 376 g/mol. The molecule has 6 heteroatoms. The summed E-state index contributed by atoms with van der Waals surface area (Å²) in [5, 5.41) is 0.777. The largest absolute Gasteiger partial charge is 0.497 e. The fraction of sp³-hybridized carbons (Fsp3) is 0.0588. The number of halogens is 1. The molecule has 0 saturated carbocycles. The summed E-state index contributed by atoms with van der Waals surface area (Å²) in [6.07, 6.45) is 3.18. The van der Waals surface area contributed by atoms with Crippen molar-refractivity contribution in [1.29, 1.82) is 0 Å². The highest BCUT2D eigenvalue weighted by Crippen LogP contribution is 2.37. The van der Waals surface area contributed by atoms with E-state index in [4.69, 9.17) is 9.15 Å². The average Bonchev–Trinajstić information content (AvgIpc) is 3.23. The highest BCUT2D eigenvalue weighted by molar-refractivity contribution is 9.10. The number of methoxy groups -OCH3 is 1. The Bertz CT molecular complexity index is 980. The van der Waals surface area contributed by atoms with E-state index < -0.39 is 0 Å². The number of nitrogens with zero attached hydrogens (tertiary/aromatic N) is 2. The van der Waals surface area contributed by atoms with Crippen LogP contribution < -0.4 is 4.74 Å². The van der Waals surface area contributed by atoms with Crippen molar-refractivity contribution in [1.82, 2.24) is 9.97 Å². The third-order valence-electron chi connectivity index (χ3n) is 3.47. The van der Waals surface area contributed by atoms with Crippen LogP contribution in [0.25, 0.3) is 32.2 Å². The molecule has 0 unspecified atom stereocenters. The second-order valence-corrected chi connectivity index (χ2v) is 6.77. The maximum absolute atomic E-state index is 5.33. The molecule has 23 heavy (non-hydrogen) atoms. The van der Waals surface area contributed by atoms with E-state index in [1.54, 1.807) is 30.9 Å². The van der Waals surface area contributed by atoms with Crippen LogP contribution in [0.5, 0.6) is 5.75 Å². The van der Waals surface area contributed by atoms with Crippen LogP contribution in [0.2, 0.25) is 0 Å². The Kier molecular flexibility index (Phi) is 3.63. The predicted octanol–water partition coefficient (Wildman–Crippen LogP) is 5.39. The quantitative estimate of drug-likeness (QED) is 0.473. The SMILES string of the molecule is COc1cccc(-c2cc3sc(-c4ncco4)nc3cc2Br)c1. The van der Waals surface area contributed by atoms with E-state index in [0.717, 1.165) is 36.6 Å². The van der Waals surface area contributed by atoms with Crippen LogP contribution >= 0.6 is 27.3 Å². The molecule has 0 amide bonds. The van der Waals surface area contributed by atoms with Crippen LogP contribution in [0.15, 0.2) is 57.7 Å². The van der Waals surface area contributed by atoms with Gasteiger partial charge in [-0.15, -0.1) is 11.3 Å². The van der Waals surface area contributed by atoms with Gasteiger partial charge in [0.05, 0.1) is 23.5 Å². The highest BCUT2D eigenvalue weighted by Gasteiger charge is 2.13. The number of thiazole rings is 1. The van der Waals surface area contributed by atoms with Crippen molar-refractivity contribution in [3.8, 4) is 27.8 Å². The second kappa shape index (κ2) is 5.79. The van der Waals surface area contributed by atoms with Gasteiger partial charge in [0.2, 0.25) is 0 Å². The minimum absolute atomic E-state index is 0.547. The monoisotopic (exact) mass is 386 g/mol. The van der Waals surface area contributed by atoms with Crippen LogP contribution in [0.4, 0.5) is 0 Å². The van der Waals surface area contributed by atoms with Crippen LogP contribution in [0.3, 0.4) is 0 Å². The number of fused-ring (bicyclic) bond motifs is 1.